The maximum atomic E-state index is 11.1. The Morgan fingerprint density at radius 1 is 1.33 bits per heavy atom. The molecular formula is C13H18O4S. The minimum atomic E-state index is -2.88. The van der Waals surface area contributed by atoms with Gasteiger partial charge in [0.15, 0.2) is 9.84 Å². The van der Waals surface area contributed by atoms with Crippen LogP contribution in [0.3, 0.4) is 0 Å². The Balaban J connectivity index is 2.19. The fourth-order valence-electron chi connectivity index (χ4n) is 1.98. The van der Waals surface area contributed by atoms with Crippen molar-refractivity contribution in [1.82, 2.24) is 0 Å². The van der Waals surface area contributed by atoms with Crippen molar-refractivity contribution in [3.05, 3.63) is 29.8 Å². The zero-order chi connectivity index (χ0) is 13.4. The lowest BCUT2D eigenvalue weighted by molar-refractivity contribution is 0.198. The van der Waals surface area contributed by atoms with Crippen LogP contribution < -0.4 is 4.74 Å². The molecule has 0 aromatic heterocycles. The third kappa shape index (κ3) is 2.67. The summed E-state index contributed by atoms with van der Waals surface area (Å²) in [6.45, 7) is 3.86. The van der Waals surface area contributed by atoms with Gasteiger partial charge in [0, 0.05) is 11.0 Å². The smallest absolute Gasteiger partial charge is 0.157 e. The summed E-state index contributed by atoms with van der Waals surface area (Å²) in [5.41, 5.74) is 0.496. The number of ether oxygens (including phenoxy) is 1. The van der Waals surface area contributed by atoms with E-state index in [1.54, 1.807) is 0 Å². The van der Waals surface area contributed by atoms with Crippen molar-refractivity contribution < 1.29 is 18.3 Å². The summed E-state index contributed by atoms with van der Waals surface area (Å²) in [7, 11) is -2.88. The van der Waals surface area contributed by atoms with Gasteiger partial charge in [0.05, 0.1) is 18.1 Å². The number of para-hydroxylation sites is 1. The summed E-state index contributed by atoms with van der Waals surface area (Å²) in [6, 6.07) is 7.45. The van der Waals surface area contributed by atoms with Gasteiger partial charge in [0.2, 0.25) is 0 Å². The van der Waals surface area contributed by atoms with E-state index >= 15 is 0 Å². The Labute approximate surface area is 108 Å². The van der Waals surface area contributed by atoms with Gasteiger partial charge < -0.3 is 9.84 Å². The van der Waals surface area contributed by atoms with Crippen LogP contribution in [0.25, 0.3) is 0 Å². The molecule has 0 amide bonds. The van der Waals surface area contributed by atoms with E-state index in [0.717, 1.165) is 5.56 Å². The maximum Gasteiger partial charge on any atom is 0.157 e. The summed E-state index contributed by atoms with van der Waals surface area (Å²) in [5.74, 6) is 0.832. The Hall–Kier alpha value is -1.07. The Kier molecular flexibility index (Phi) is 3.38. The second kappa shape index (κ2) is 4.55. The minimum absolute atomic E-state index is 0.0103. The van der Waals surface area contributed by atoms with E-state index in [-0.39, 0.29) is 24.2 Å². The Morgan fingerprint density at radius 3 is 2.50 bits per heavy atom. The van der Waals surface area contributed by atoms with E-state index in [4.69, 9.17) is 4.74 Å². The Morgan fingerprint density at radius 2 is 1.94 bits per heavy atom. The summed E-state index contributed by atoms with van der Waals surface area (Å²) in [4.78, 5) is 0. The van der Waals surface area contributed by atoms with E-state index in [0.29, 0.717) is 5.75 Å². The lowest BCUT2D eigenvalue weighted by atomic mass is 9.85. The summed E-state index contributed by atoms with van der Waals surface area (Å²) < 4.78 is 27.9. The van der Waals surface area contributed by atoms with Gasteiger partial charge in [0.1, 0.15) is 11.9 Å². The van der Waals surface area contributed by atoms with Crippen LogP contribution in [0.5, 0.6) is 5.75 Å². The van der Waals surface area contributed by atoms with Crippen molar-refractivity contribution in [1.29, 1.82) is 0 Å². The molecule has 2 rings (SSSR count). The van der Waals surface area contributed by atoms with Crippen LogP contribution in [0.15, 0.2) is 24.3 Å². The van der Waals surface area contributed by atoms with Gasteiger partial charge in [0.25, 0.3) is 0 Å². The fraction of sp³-hybridized carbons (Fsp3) is 0.538. The van der Waals surface area contributed by atoms with Crippen molar-refractivity contribution in [3.63, 3.8) is 0 Å². The first-order valence-electron chi connectivity index (χ1n) is 5.91. The van der Waals surface area contributed by atoms with E-state index in [9.17, 15) is 13.5 Å². The van der Waals surface area contributed by atoms with Gasteiger partial charge in [-0.2, -0.15) is 0 Å². The normalized spacial score (nSPS) is 19.3. The minimum Gasteiger partial charge on any atom is -0.488 e. The highest BCUT2D eigenvalue weighted by atomic mass is 32.2. The zero-order valence-corrected chi connectivity index (χ0v) is 11.4. The zero-order valence-electron chi connectivity index (χ0n) is 10.6. The third-order valence-electron chi connectivity index (χ3n) is 3.18. The molecule has 1 aromatic rings. The molecule has 0 spiro atoms. The van der Waals surface area contributed by atoms with Gasteiger partial charge in [-0.1, -0.05) is 32.0 Å². The first-order chi connectivity index (χ1) is 8.34. The molecule has 5 heteroatoms. The van der Waals surface area contributed by atoms with E-state index in [1.807, 2.05) is 38.1 Å². The SMILES string of the molecule is CC(C)(CO)c1ccccc1OC1CS(=O)(=O)C1. The number of hydrogen-bond acceptors (Lipinski definition) is 4. The second-order valence-corrected chi connectivity index (χ2v) is 7.51. The highest BCUT2D eigenvalue weighted by Gasteiger charge is 2.36. The monoisotopic (exact) mass is 270 g/mol. The van der Waals surface area contributed by atoms with Gasteiger partial charge in [-0.15, -0.1) is 0 Å². The number of rotatable bonds is 4. The number of hydrogen-bond donors (Lipinski definition) is 1. The van der Waals surface area contributed by atoms with Gasteiger partial charge in [-0.25, -0.2) is 8.42 Å². The summed E-state index contributed by atoms with van der Waals surface area (Å²) in [6.07, 6.45) is -0.259. The van der Waals surface area contributed by atoms with Gasteiger partial charge in [-0.3, -0.25) is 0 Å². The summed E-state index contributed by atoms with van der Waals surface area (Å²) in [5, 5.41) is 9.41. The molecule has 1 fully saturated rings. The average Bonchev–Trinajstić information content (AvgIpc) is 2.27. The molecule has 1 heterocycles. The number of aliphatic hydroxyl groups is 1. The van der Waals surface area contributed by atoms with Crippen molar-refractivity contribution >= 4 is 9.84 Å². The molecule has 4 nitrogen and oxygen atoms in total. The van der Waals surface area contributed by atoms with Crippen LogP contribution in [0.2, 0.25) is 0 Å². The molecule has 1 aliphatic rings. The molecule has 1 N–H and O–H groups in total. The first-order valence-corrected chi connectivity index (χ1v) is 7.74. The van der Waals surface area contributed by atoms with Crippen molar-refractivity contribution in [2.24, 2.45) is 0 Å². The lowest BCUT2D eigenvalue weighted by Gasteiger charge is -2.30. The van der Waals surface area contributed by atoms with E-state index < -0.39 is 15.3 Å². The van der Waals surface area contributed by atoms with Crippen LogP contribution in [-0.4, -0.2) is 37.7 Å². The topological polar surface area (TPSA) is 63.6 Å². The molecular weight excluding hydrogens is 252 g/mol. The first kappa shape index (κ1) is 13.4. The molecule has 0 aliphatic carbocycles. The van der Waals surface area contributed by atoms with Crippen LogP contribution in [0.1, 0.15) is 19.4 Å². The van der Waals surface area contributed by atoms with Crippen molar-refractivity contribution in [2.75, 3.05) is 18.1 Å². The predicted octanol–water partition coefficient (Wildman–Crippen LogP) is 1.13. The van der Waals surface area contributed by atoms with Crippen molar-refractivity contribution in [3.8, 4) is 5.75 Å². The highest BCUT2D eigenvalue weighted by molar-refractivity contribution is 7.92. The molecule has 1 aromatic carbocycles. The molecule has 0 atom stereocenters. The quantitative estimate of drug-likeness (QED) is 0.891. The van der Waals surface area contributed by atoms with Crippen LogP contribution >= 0.6 is 0 Å². The number of aliphatic hydroxyl groups excluding tert-OH is 1. The van der Waals surface area contributed by atoms with Crippen LogP contribution in [0.4, 0.5) is 0 Å². The van der Waals surface area contributed by atoms with Crippen LogP contribution in [-0.2, 0) is 15.3 Å². The molecule has 18 heavy (non-hydrogen) atoms. The fourth-order valence-corrected chi connectivity index (χ4v) is 3.15. The summed E-state index contributed by atoms with van der Waals surface area (Å²) >= 11 is 0. The third-order valence-corrected chi connectivity index (χ3v) is 4.94. The molecule has 100 valence electrons. The molecule has 0 radical (unpaired) electrons. The molecule has 0 saturated carbocycles. The lowest BCUT2D eigenvalue weighted by Crippen LogP contribution is -2.45. The van der Waals surface area contributed by atoms with E-state index in [1.165, 1.54) is 0 Å². The largest absolute Gasteiger partial charge is 0.488 e. The molecule has 1 aliphatic heterocycles. The Bertz CT molecular complexity index is 522. The van der Waals surface area contributed by atoms with Crippen molar-refractivity contribution in [2.45, 2.75) is 25.4 Å². The molecule has 0 unspecified atom stereocenters. The standard InChI is InChI=1S/C13H18O4S/c1-13(2,9-14)11-5-3-4-6-12(11)17-10-7-18(15,16)8-10/h3-6,10,14H,7-9H2,1-2H3. The highest BCUT2D eigenvalue weighted by Crippen LogP contribution is 2.32. The molecule has 0 bridgehead atoms. The van der Waals surface area contributed by atoms with Crippen LogP contribution in [0, 0.1) is 0 Å². The van der Waals surface area contributed by atoms with Gasteiger partial charge >= 0.3 is 0 Å². The second-order valence-electron chi connectivity index (χ2n) is 5.35. The predicted molar refractivity (Wildman–Crippen MR) is 69.6 cm³/mol. The molecule has 1 saturated heterocycles. The maximum absolute atomic E-state index is 11.1. The average molecular weight is 270 g/mol. The van der Waals surface area contributed by atoms with Gasteiger partial charge in [-0.05, 0) is 6.07 Å². The van der Waals surface area contributed by atoms with E-state index in [2.05, 4.69) is 0 Å². The number of sulfone groups is 1. The number of benzene rings is 1.